The van der Waals surface area contributed by atoms with Crippen LogP contribution in [0, 0.1) is 0 Å². The highest BCUT2D eigenvalue weighted by Crippen LogP contribution is 2.41. The van der Waals surface area contributed by atoms with Crippen molar-refractivity contribution in [1.29, 1.82) is 0 Å². The molecule has 11 heteroatoms. The number of nitrogens with one attached hydrogen (secondary N) is 1. The van der Waals surface area contributed by atoms with Crippen LogP contribution in [0.4, 0.5) is 19.0 Å². The summed E-state index contributed by atoms with van der Waals surface area (Å²) in [6.07, 6.45) is -3.05. The summed E-state index contributed by atoms with van der Waals surface area (Å²) in [6, 6.07) is 18.4. The number of halogens is 3. The molecule has 1 aliphatic rings. The lowest BCUT2D eigenvalue weighted by molar-refractivity contribution is -0.137. The van der Waals surface area contributed by atoms with Gasteiger partial charge in [-0.1, -0.05) is 36.4 Å². The van der Waals surface area contributed by atoms with Crippen LogP contribution in [0.25, 0.3) is 5.69 Å². The summed E-state index contributed by atoms with van der Waals surface area (Å²) in [6.45, 7) is 2.00. The van der Waals surface area contributed by atoms with Crippen LogP contribution >= 0.6 is 0 Å². The van der Waals surface area contributed by atoms with Crippen molar-refractivity contribution in [2.45, 2.75) is 25.1 Å². The molecule has 1 N–H and O–H groups in total. The predicted octanol–water partition coefficient (Wildman–Crippen LogP) is 4.97. The number of esters is 1. The molecule has 5 rings (SSSR count). The van der Waals surface area contributed by atoms with E-state index in [1.165, 1.54) is 18.1 Å². The van der Waals surface area contributed by atoms with Crippen LogP contribution in [-0.2, 0) is 15.7 Å². The molecule has 41 heavy (non-hydrogen) atoms. The van der Waals surface area contributed by atoms with E-state index in [4.69, 9.17) is 4.74 Å². The van der Waals surface area contributed by atoms with E-state index < -0.39 is 41.5 Å². The SMILES string of the molecule is CCN1C(=O)[C@@H](NC(=O)c2cccc(C(F)(F)F)c2)[C@H](c2cccc(C(=O)OC)c2)c2cnn(-c3ccccc3)c21. The number of para-hydroxylation sites is 1. The molecule has 2 atom stereocenters. The van der Waals surface area contributed by atoms with E-state index in [0.29, 0.717) is 22.6 Å². The van der Waals surface area contributed by atoms with Gasteiger partial charge in [-0.25, -0.2) is 9.48 Å². The Morgan fingerprint density at radius 3 is 2.37 bits per heavy atom. The van der Waals surface area contributed by atoms with Crippen LogP contribution in [0.2, 0.25) is 0 Å². The highest BCUT2D eigenvalue weighted by Gasteiger charge is 2.44. The van der Waals surface area contributed by atoms with Gasteiger partial charge in [-0.3, -0.25) is 14.5 Å². The molecule has 3 aromatic carbocycles. The summed E-state index contributed by atoms with van der Waals surface area (Å²) >= 11 is 0. The molecular weight excluding hydrogens is 537 g/mol. The first kappa shape index (κ1) is 27.6. The third-order valence-electron chi connectivity index (χ3n) is 6.95. The Kier molecular flexibility index (Phi) is 7.36. The first-order valence-corrected chi connectivity index (χ1v) is 12.7. The number of aromatic nitrogens is 2. The Bertz CT molecular complexity index is 1620. The standard InChI is InChI=1S/C30H25F3N4O4/c1-3-36-27-23(17-34-37(27)22-13-5-4-6-14-22)24(18-9-7-11-20(15-18)29(40)41-2)25(28(36)39)35-26(38)19-10-8-12-21(16-19)30(31,32)33/h4-17,24-25H,3H2,1-2H3,(H,35,38)/t24-,25+/m1/s1. The van der Waals surface area contributed by atoms with Gasteiger partial charge in [0.05, 0.1) is 30.1 Å². The van der Waals surface area contributed by atoms with Crippen molar-refractivity contribution < 1.29 is 32.3 Å². The van der Waals surface area contributed by atoms with Crippen molar-refractivity contribution in [3.63, 3.8) is 0 Å². The van der Waals surface area contributed by atoms with Gasteiger partial charge in [0.2, 0.25) is 0 Å². The van der Waals surface area contributed by atoms with Gasteiger partial charge in [0.15, 0.2) is 0 Å². The van der Waals surface area contributed by atoms with Crippen molar-refractivity contribution in [2.24, 2.45) is 0 Å². The Morgan fingerprint density at radius 2 is 1.68 bits per heavy atom. The second kappa shape index (κ2) is 10.9. The van der Waals surface area contributed by atoms with Crippen LogP contribution in [0.3, 0.4) is 0 Å². The monoisotopic (exact) mass is 562 g/mol. The topological polar surface area (TPSA) is 93.5 Å². The highest BCUT2D eigenvalue weighted by molar-refractivity contribution is 6.05. The lowest BCUT2D eigenvalue weighted by atomic mass is 9.81. The Hall–Kier alpha value is -4.93. The number of hydrogen-bond donors (Lipinski definition) is 1. The van der Waals surface area contributed by atoms with Gasteiger partial charge in [-0.05, 0) is 55.0 Å². The Labute approximate surface area is 233 Å². The molecule has 1 aliphatic heterocycles. The van der Waals surface area contributed by atoms with E-state index in [0.717, 1.165) is 18.2 Å². The number of ether oxygens (including phenoxy) is 1. The van der Waals surface area contributed by atoms with Gasteiger partial charge in [0.1, 0.15) is 11.9 Å². The average molecular weight is 563 g/mol. The number of amides is 2. The normalized spacial score (nSPS) is 16.7. The maximum Gasteiger partial charge on any atom is 0.416 e. The zero-order valence-corrected chi connectivity index (χ0v) is 22.1. The summed E-state index contributed by atoms with van der Waals surface area (Å²) in [5.74, 6) is -2.25. The first-order valence-electron chi connectivity index (χ1n) is 12.7. The smallest absolute Gasteiger partial charge is 0.416 e. The number of hydrogen-bond acceptors (Lipinski definition) is 5. The molecule has 0 bridgehead atoms. The molecule has 0 fully saturated rings. The van der Waals surface area contributed by atoms with Crippen molar-refractivity contribution in [2.75, 3.05) is 18.6 Å². The van der Waals surface area contributed by atoms with Gasteiger partial charge in [-0.2, -0.15) is 18.3 Å². The molecule has 0 spiro atoms. The molecule has 4 aromatic rings. The fraction of sp³-hybridized carbons (Fsp3) is 0.200. The predicted molar refractivity (Wildman–Crippen MR) is 144 cm³/mol. The summed E-state index contributed by atoms with van der Waals surface area (Å²) in [4.78, 5) is 41.2. The molecule has 0 radical (unpaired) electrons. The number of anilines is 1. The van der Waals surface area contributed by atoms with E-state index in [-0.39, 0.29) is 17.7 Å². The van der Waals surface area contributed by atoms with Crippen LogP contribution in [0.5, 0.6) is 0 Å². The fourth-order valence-electron chi connectivity index (χ4n) is 5.06. The molecule has 1 aromatic heterocycles. The quantitative estimate of drug-likeness (QED) is 0.335. The molecular formula is C30H25F3N4O4. The van der Waals surface area contributed by atoms with Crippen molar-refractivity contribution >= 4 is 23.6 Å². The number of methoxy groups -OCH3 is 1. The number of benzene rings is 3. The summed E-state index contributed by atoms with van der Waals surface area (Å²) < 4.78 is 46.5. The third-order valence-corrected chi connectivity index (χ3v) is 6.95. The van der Waals surface area contributed by atoms with Crippen LogP contribution in [0.15, 0.2) is 85.1 Å². The first-order chi connectivity index (χ1) is 19.6. The maximum atomic E-state index is 14.1. The van der Waals surface area contributed by atoms with Crippen molar-refractivity contribution in [1.82, 2.24) is 15.1 Å². The fourth-order valence-corrected chi connectivity index (χ4v) is 5.06. The van der Waals surface area contributed by atoms with E-state index in [9.17, 15) is 27.6 Å². The number of nitrogens with zero attached hydrogens (tertiary/aromatic N) is 3. The summed E-state index contributed by atoms with van der Waals surface area (Å²) in [5.41, 5.74) is 0.809. The number of fused-ring (bicyclic) bond motifs is 1. The summed E-state index contributed by atoms with van der Waals surface area (Å²) in [7, 11) is 1.25. The number of carbonyl (C=O) groups excluding carboxylic acids is 3. The summed E-state index contributed by atoms with van der Waals surface area (Å²) in [5, 5.41) is 7.23. The van der Waals surface area contributed by atoms with Gasteiger partial charge < -0.3 is 10.1 Å². The van der Waals surface area contributed by atoms with E-state index in [1.54, 1.807) is 42.1 Å². The van der Waals surface area contributed by atoms with Gasteiger partial charge in [0, 0.05) is 23.6 Å². The van der Waals surface area contributed by atoms with E-state index in [2.05, 4.69) is 10.4 Å². The maximum absolute atomic E-state index is 14.1. The largest absolute Gasteiger partial charge is 0.465 e. The molecule has 0 saturated heterocycles. The number of alkyl halides is 3. The zero-order chi connectivity index (χ0) is 29.3. The highest BCUT2D eigenvalue weighted by atomic mass is 19.4. The molecule has 2 heterocycles. The molecule has 8 nitrogen and oxygen atoms in total. The van der Waals surface area contributed by atoms with E-state index in [1.807, 2.05) is 30.3 Å². The Morgan fingerprint density at radius 1 is 0.976 bits per heavy atom. The Balaban J connectivity index is 1.64. The minimum Gasteiger partial charge on any atom is -0.465 e. The van der Waals surface area contributed by atoms with Crippen LogP contribution < -0.4 is 10.2 Å². The lowest BCUT2D eigenvalue weighted by Crippen LogP contribution is -2.55. The molecule has 0 aliphatic carbocycles. The minimum absolute atomic E-state index is 0.231. The lowest BCUT2D eigenvalue weighted by Gasteiger charge is -2.38. The third kappa shape index (κ3) is 5.18. The number of carbonyl (C=O) groups is 3. The van der Waals surface area contributed by atoms with Gasteiger partial charge in [-0.15, -0.1) is 0 Å². The van der Waals surface area contributed by atoms with Crippen molar-refractivity contribution in [3.05, 3.63) is 113 Å². The zero-order valence-electron chi connectivity index (χ0n) is 22.1. The van der Waals surface area contributed by atoms with Crippen molar-refractivity contribution in [3.8, 4) is 5.69 Å². The minimum atomic E-state index is -4.65. The van der Waals surface area contributed by atoms with Gasteiger partial charge >= 0.3 is 12.1 Å². The second-order valence-corrected chi connectivity index (χ2v) is 9.38. The van der Waals surface area contributed by atoms with Gasteiger partial charge in [0.25, 0.3) is 11.8 Å². The van der Waals surface area contributed by atoms with Crippen LogP contribution in [0.1, 0.15) is 50.2 Å². The molecule has 0 unspecified atom stereocenters. The van der Waals surface area contributed by atoms with Crippen LogP contribution in [-0.4, -0.2) is 47.3 Å². The number of rotatable bonds is 6. The number of likely N-dealkylation sites (N-methyl/N-ethyl adjacent to an activating group) is 1. The van der Waals surface area contributed by atoms with E-state index >= 15 is 0 Å². The molecule has 0 saturated carbocycles. The average Bonchev–Trinajstić information content (AvgIpc) is 3.41. The molecule has 210 valence electrons. The second-order valence-electron chi connectivity index (χ2n) is 9.38. The molecule has 2 amide bonds.